The third kappa shape index (κ3) is 2.67. The molecule has 0 aliphatic carbocycles. The lowest BCUT2D eigenvalue weighted by atomic mass is 10.3. The number of hydrogen-bond acceptors (Lipinski definition) is 2. The third-order valence-electron chi connectivity index (χ3n) is 3.06. The topological polar surface area (TPSA) is 46.9 Å². The highest BCUT2D eigenvalue weighted by Gasteiger charge is 2.16. The van der Waals surface area contributed by atoms with Crippen LogP contribution < -0.4 is 5.32 Å². The molecular weight excluding hydrogens is 238 g/mol. The number of aryl methyl sites for hydroxylation is 1. The zero-order valence-electron chi connectivity index (χ0n) is 11.4. The molecule has 1 amide bonds. The van der Waals surface area contributed by atoms with Crippen molar-refractivity contribution in [1.82, 2.24) is 14.9 Å². The molecule has 4 heteroatoms. The Morgan fingerprint density at radius 1 is 1.53 bits per heavy atom. The minimum atomic E-state index is -0.178. The third-order valence-corrected chi connectivity index (χ3v) is 3.06. The van der Waals surface area contributed by atoms with E-state index in [2.05, 4.69) is 34.4 Å². The van der Waals surface area contributed by atoms with E-state index in [1.807, 2.05) is 25.1 Å². The van der Waals surface area contributed by atoms with Crippen LogP contribution in [-0.4, -0.2) is 15.5 Å². The summed E-state index contributed by atoms with van der Waals surface area (Å²) < 4.78 is 2.17. The standard InChI is InChI=1S/C15H19N3O/c1-4-10-18-13-9-7-6-8-12(13)17-15(18)11(3)16-14(19)5-2/h5-9,11H,2,4,10H2,1,3H3,(H,16,19). The van der Waals surface area contributed by atoms with E-state index in [1.165, 1.54) is 6.08 Å². The summed E-state index contributed by atoms with van der Waals surface area (Å²) in [5.74, 6) is 0.709. The molecule has 1 atom stereocenters. The second kappa shape index (κ2) is 5.69. The highest BCUT2D eigenvalue weighted by Crippen LogP contribution is 2.21. The number of para-hydroxylation sites is 2. The van der Waals surface area contributed by atoms with Crippen molar-refractivity contribution in [3.05, 3.63) is 42.7 Å². The molecule has 4 nitrogen and oxygen atoms in total. The quantitative estimate of drug-likeness (QED) is 0.837. The van der Waals surface area contributed by atoms with Crippen LogP contribution >= 0.6 is 0 Å². The summed E-state index contributed by atoms with van der Waals surface area (Å²) >= 11 is 0. The van der Waals surface area contributed by atoms with Crippen molar-refractivity contribution in [1.29, 1.82) is 0 Å². The highest BCUT2D eigenvalue weighted by molar-refractivity contribution is 5.87. The Morgan fingerprint density at radius 2 is 2.26 bits per heavy atom. The Hall–Kier alpha value is -2.10. The van der Waals surface area contributed by atoms with Crippen molar-refractivity contribution < 1.29 is 4.79 Å². The summed E-state index contributed by atoms with van der Waals surface area (Å²) in [6, 6.07) is 7.90. The molecule has 0 saturated carbocycles. The molecule has 1 heterocycles. The first-order valence-electron chi connectivity index (χ1n) is 6.55. The molecule has 0 aliphatic heterocycles. The van der Waals surface area contributed by atoms with Gasteiger partial charge in [-0.2, -0.15) is 0 Å². The van der Waals surface area contributed by atoms with Crippen molar-refractivity contribution in [3.8, 4) is 0 Å². The molecule has 1 N–H and O–H groups in total. The lowest BCUT2D eigenvalue weighted by Crippen LogP contribution is -2.27. The number of imidazole rings is 1. The van der Waals surface area contributed by atoms with Crippen molar-refractivity contribution in [2.45, 2.75) is 32.9 Å². The Labute approximate surface area is 113 Å². The fourth-order valence-electron chi connectivity index (χ4n) is 2.22. The minimum Gasteiger partial charge on any atom is -0.343 e. The van der Waals surface area contributed by atoms with E-state index < -0.39 is 0 Å². The summed E-state index contributed by atoms with van der Waals surface area (Å²) in [5, 5.41) is 2.87. The lowest BCUT2D eigenvalue weighted by Gasteiger charge is -2.14. The van der Waals surface area contributed by atoms with Crippen LogP contribution in [0.15, 0.2) is 36.9 Å². The first-order valence-corrected chi connectivity index (χ1v) is 6.55. The number of amides is 1. The molecule has 0 bridgehead atoms. The predicted molar refractivity (Wildman–Crippen MR) is 76.8 cm³/mol. The average molecular weight is 257 g/mol. The van der Waals surface area contributed by atoms with Crippen LogP contribution in [0.5, 0.6) is 0 Å². The van der Waals surface area contributed by atoms with Gasteiger partial charge in [-0.05, 0) is 31.6 Å². The molecule has 19 heavy (non-hydrogen) atoms. The van der Waals surface area contributed by atoms with E-state index >= 15 is 0 Å². The van der Waals surface area contributed by atoms with Crippen molar-refractivity contribution in [2.24, 2.45) is 0 Å². The number of nitrogens with one attached hydrogen (secondary N) is 1. The summed E-state index contributed by atoms with van der Waals surface area (Å²) in [5.41, 5.74) is 2.07. The van der Waals surface area contributed by atoms with Gasteiger partial charge in [-0.3, -0.25) is 4.79 Å². The van der Waals surface area contributed by atoms with Crippen LogP contribution in [0.2, 0.25) is 0 Å². The van der Waals surface area contributed by atoms with E-state index in [-0.39, 0.29) is 11.9 Å². The summed E-state index contributed by atoms with van der Waals surface area (Å²) in [4.78, 5) is 16.0. The van der Waals surface area contributed by atoms with Crippen LogP contribution in [0.4, 0.5) is 0 Å². The number of rotatable bonds is 5. The molecular formula is C15H19N3O. The smallest absolute Gasteiger partial charge is 0.243 e. The Kier molecular flexibility index (Phi) is 4.00. The SMILES string of the molecule is C=CC(=O)NC(C)c1nc2ccccc2n1CCC. The number of carbonyl (C=O) groups is 1. The molecule has 0 aliphatic rings. The number of carbonyl (C=O) groups excluding carboxylic acids is 1. The highest BCUT2D eigenvalue weighted by atomic mass is 16.1. The molecule has 0 spiro atoms. The molecule has 2 aromatic rings. The fraction of sp³-hybridized carbons (Fsp3) is 0.333. The van der Waals surface area contributed by atoms with Gasteiger partial charge in [0.25, 0.3) is 0 Å². The lowest BCUT2D eigenvalue weighted by molar-refractivity contribution is -0.117. The number of hydrogen-bond donors (Lipinski definition) is 1. The Bertz CT molecular complexity index is 600. The second-order valence-electron chi connectivity index (χ2n) is 4.54. The monoisotopic (exact) mass is 257 g/mol. The van der Waals surface area contributed by atoms with Gasteiger partial charge in [0.2, 0.25) is 5.91 Å². The largest absolute Gasteiger partial charge is 0.343 e. The normalized spacial score (nSPS) is 12.3. The molecule has 1 unspecified atom stereocenters. The Balaban J connectivity index is 2.43. The first kappa shape index (κ1) is 13.3. The van der Waals surface area contributed by atoms with Gasteiger partial charge in [-0.25, -0.2) is 4.98 Å². The van der Waals surface area contributed by atoms with Gasteiger partial charge in [-0.15, -0.1) is 0 Å². The molecule has 0 fully saturated rings. The summed E-state index contributed by atoms with van der Waals surface area (Å²) in [7, 11) is 0. The van der Waals surface area contributed by atoms with Crippen LogP contribution in [0.3, 0.4) is 0 Å². The average Bonchev–Trinajstić information content (AvgIpc) is 2.78. The van der Waals surface area contributed by atoms with Gasteiger partial charge in [0.15, 0.2) is 0 Å². The van der Waals surface area contributed by atoms with E-state index in [4.69, 9.17) is 0 Å². The van der Waals surface area contributed by atoms with Crippen LogP contribution in [-0.2, 0) is 11.3 Å². The van der Waals surface area contributed by atoms with Gasteiger partial charge in [0.1, 0.15) is 5.82 Å². The maximum absolute atomic E-state index is 11.4. The number of benzene rings is 1. The van der Waals surface area contributed by atoms with Crippen LogP contribution in [0.1, 0.15) is 32.1 Å². The molecule has 1 aromatic carbocycles. The van der Waals surface area contributed by atoms with E-state index in [1.54, 1.807) is 0 Å². The van der Waals surface area contributed by atoms with E-state index in [0.717, 1.165) is 29.8 Å². The molecule has 0 radical (unpaired) electrons. The zero-order chi connectivity index (χ0) is 13.8. The van der Waals surface area contributed by atoms with Gasteiger partial charge >= 0.3 is 0 Å². The number of aromatic nitrogens is 2. The number of nitrogens with zero attached hydrogens (tertiary/aromatic N) is 2. The van der Waals surface area contributed by atoms with Gasteiger partial charge < -0.3 is 9.88 Å². The van der Waals surface area contributed by atoms with Crippen LogP contribution in [0, 0.1) is 0 Å². The van der Waals surface area contributed by atoms with E-state index in [9.17, 15) is 4.79 Å². The molecule has 2 rings (SSSR count). The second-order valence-corrected chi connectivity index (χ2v) is 4.54. The van der Waals surface area contributed by atoms with Crippen LogP contribution in [0.25, 0.3) is 11.0 Å². The van der Waals surface area contributed by atoms with Crippen molar-refractivity contribution in [3.63, 3.8) is 0 Å². The zero-order valence-corrected chi connectivity index (χ0v) is 11.4. The van der Waals surface area contributed by atoms with Gasteiger partial charge in [-0.1, -0.05) is 25.6 Å². The maximum Gasteiger partial charge on any atom is 0.243 e. The van der Waals surface area contributed by atoms with E-state index in [0.29, 0.717) is 0 Å². The van der Waals surface area contributed by atoms with Gasteiger partial charge in [0.05, 0.1) is 17.1 Å². The Morgan fingerprint density at radius 3 is 2.95 bits per heavy atom. The van der Waals surface area contributed by atoms with Crippen molar-refractivity contribution >= 4 is 16.9 Å². The fourth-order valence-corrected chi connectivity index (χ4v) is 2.22. The predicted octanol–water partition coefficient (Wildman–Crippen LogP) is 2.81. The maximum atomic E-state index is 11.4. The number of fused-ring (bicyclic) bond motifs is 1. The summed E-state index contributed by atoms with van der Waals surface area (Å²) in [6.07, 6.45) is 2.30. The molecule has 0 saturated heterocycles. The summed E-state index contributed by atoms with van der Waals surface area (Å²) in [6.45, 7) is 8.43. The van der Waals surface area contributed by atoms with Gasteiger partial charge in [0, 0.05) is 6.54 Å². The molecule has 100 valence electrons. The minimum absolute atomic E-state index is 0.135. The first-order chi connectivity index (χ1) is 9.17. The molecule has 1 aromatic heterocycles. The van der Waals surface area contributed by atoms with Crippen molar-refractivity contribution in [2.75, 3.05) is 0 Å².